The quantitative estimate of drug-likeness (QED) is 0.554. The van der Waals surface area contributed by atoms with Gasteiger partial charge in [0.2, 0.25) is 0 Å². The molecule has 0 radical (unpaired) electrons. The summed E-state index contributed by atoms with van der Waals surface area (Å²) in [5, 5.41) is 0. The second kappa shape index (κ2) is 7.50. The van der Waals surface area contributed by atoms with Crippen molar-refractivity contribution in [2.24, 2.45) is 5.41 Å². The van der Waals surface area contributed by atoms with Gasteiger partial charge in [-0.2, -0.15) is 0 Å². The minimum absolute atomic E-state index is 0.0319. The molecule has 0 aromatic heterocycles. The molecule has 7 heteroatoms. The lowest BCUT2D eigenvalue weighted by Crippen LogP contribution is -2.42. The summed E-state index contributed by atoms with van der Waals surface area (Å²) in [5.41, 5.74) is 0.987. The average Bonchev–Trinajstić information content (AvgIpc) is 3.19. The molecule has 0 amide bonds. The minimum atomic E-state index is -1.53. The van der Waals surface area contributed by atoms with Crippen LogP contribution in [0.25, 0.3) is 5.57 Å². The fraction of sp³-hybridized carbons (Fsp3) is 0.250. The lowest BCUT2D eigenvalue weighted by Gasteiger charge is -2.22. The van der Waals surface area contributed by atoms with E-state index in [-0.39, 0.29) is 41.1 Å². The number of carbonyl (C=O) groups is 4. The first kappa shape index (κ1) is 20.5. The van der Waals surface area contributed by atoms with Crippen LogP contribution >= 0.6 is 0 Å². The molecule has 0 N–H and O–H groups in total. The maximum Gasteiger partial charge on any atom is 0.323 e. The number of Topliss-reactive ketones (excluding diaryl/α,β-unsaturated/α-hetero) is 1. The molecule has 0 saturated carbocycles. The van der Waals surface area contributed by atoms with Gasteiger partial charge in [0.1, 0.15) is 5.75 Å². The summed E-state index contributed by atoms with van der Waals surface area (Å²) in [6.45, 7) is 0. The Bertz CT molecular complexity index is 1160. The van der Waals surface area contributed by atoms with Crippen LogP contribution in [-0.2, 0) is 31.9 Å². The van der Waals surface area contributed by atoms with E-state index in [0.717, 1.165) is 0 Å². The van der Waals surface area contributed by atoms with E-state index in [0.29, 0.717) is 22.4 Å². The largest absolute Gasteiger partial charge is 0.496 e. The third-order valence-corrected chi connectivity index (χ3v) is 5.90. The molecule has 7 nitrogen and oxygen atoms in total. The number of hydrogen-bond donors (Lipinski definition) is 0. The molecule has 31 heavy (non-hydrogen) atoms. The van der Waals surface area contributed by atoms with Crippen molar-refractivity contribution in [3.8, 4) is 5.75 Å². The zero-order chi connectivity index (χ0) is 22.3. The van der Waals surface area contributed by atoms with Crippen molar-refractivity contribution in [1.82, 2.24) is 0 Å². The molecule has 0 unspecified atom stereocenters. The van der Waals surface area contributed by atoms with Crippen molar-refractivity contribution < 1.29 is 33.4 Å². The van der Waals surface area contributed by atoms with E-state index in [9.17, 15) is 19.2 Å². The summed E-state index contributed by atoms with van der Waals surface area (Å²) >= 11 is 0. The Kier molecular flexibility index (Phi) is 4.97. The van der Waals surface area contributed by atoms with Crippen LogP contribution in [0.3, 0.4) is 0 Å². The highest BCUT2D eigenvalue weighted by molar-refractivity contribution is 6.39. The van der Waals surface area contributed by atoms with Gasteiger partial charge in [-0.3, -0.25) is 19.2 Å². The summed E-state index contributed by atoms with van der Waals surface area (Å²) < 4.78 is 15.1. The smallest absolute Gasteiger partial charge is 0.323 e. The maximum absolute atomic E-state index is 13.3. The summed E-state index contributed by atoms with van der Waals surface area (Å²) in [4.78, 5) is 51.2. The fourth-order valence-corrected chi connectivity index (χ4v) is 4.37. The number of allylic oxidation sites excluding steroid dienone is 2. The van der Waals surface area contributed by atoms with Crippen molar-refractivity contribution in [2.75, 3.05) is 21.3 Å². The molecule has 2 aliphatic carbocycles. The van der Waals surface area contributed by atoms with Crippen LogP contribution in [0, 0.1) is 5.41 Å². The summed E-state index contributed by atoms with van der Waals surface area (Å²) in [6.07, 6.45) is 1.38. The molecule has 2 aromatic rings. The number of ketones is 2. The average molecular weight is 420 g/mol. The van der Waals surface area contributed by atoms with Crippen molar-refractivity contribution in [3.05, 3.63) is 70.3 Å². The monoisotopic (exact) mass is 420 g/mol. The molecule has 0 atom stereocenters. The van der Waals surface area contributed by atoms with Gasteiger partial charge in [-0.15, -0.1) is 0 Å². The SMILES string of the molecule is COC(=O)C1(C(=O)OC)Cc2cc3c(cc2C1)C(=O)C(c1ccccc1OC)=CC3=O. The molecular weight excluding hydrogens is 400 g/mol. The van der Waals surface area contributed by atoms with Gasteiger partial charge in [-0.25, -0.2) is 0 Å². The highest BCUT2D eigenvalue weighted by Gasteiger charge is 2.53. The standard InChI is InChI=1S/C24H20O7/c1-29-20-7-5-4-6-15(20)18-10-19(25)16-8-13-11-24(22(27)30-2,23(28)31-3)12-14(13)9-17(16)21(18)26/h4-10H,11-12H2,1-3H3. The Morgan fingerprint density at radius 1 is 0.839 bits per heavy atom. The number of benzene rings is 2. The minimum Gasteiger partial charge on any atom is -0.496 e. The number of methoxy groups -OCH3 is 3. The van der Waals surface area contributed by atoms with Crippen molar-refractivity contribution in [1.29, 1.82) is 0 Å². The third kappa shape index (κ3) is 3.04. The molecule has 2 aliphatic rings. The van der Waals surface area contributed by atoms with E-state index in [4.69, 9.17) is 14.2 Å². The Morgan fingerprint density at radius 3 is 2.00 bits per heavy atom. The van der Waals surface area contributed by atoms with Gasteiger partial charge in [0.05, 0.1) is 21.3 Å². The second-order valence-electron chi connectivity index (χ2n) is 7.54. The Labute approximate surface area is 178 Å². The molecular formula is C24H20O7. The zero-order valence-corrected chi connectivity index (χ0v) is 17.3. The molecule has 0 aliphatic heterocycles. The van der Waals surface area contributed by atoms with Crippen LogP contribution in [0.5, 0.6) is 5.75 Å². The summed E-state index contributed by atoms with van der Waals surface area (Å²) in [6, 6.07) is 10.2. The first-order chi connectivity index (χ1) is 14.9. The van der Waals surface area contributed by atoms with E-state index >= 15 is 0 Å². The van der Waals surface area contributed by atoms with Gasteiger partial charge in [-0.1, -0.05) is 18.2 Å². The van der Waals surface area contributed by atoms with Gasteiger partial charge in [0.25, 0.3) is 0 Å². The highest BCUT2D eigenvalue weighted by atomic mass is 16.5. The zero-order valence-electron chi connectivity index (χ0n) is 17.3. The van der Waals surface area contributed by atoms with Crippen LogP contribution < -0.4 is 4.74 Å². The topological polar surface area (TPSA) is 96.0 Å². The number of ether oxygens (including phenoxy) is 3. The predicted molar refractivity (Wildman–Crippen MR) is 110 cm³/mol. The molecule has 0 bridgehead atoms. The van der Waals surface area contributed by atoms with Crippen LogP contribution in [0.2, 0.25) is 0 Å². The molecule has 0 heterocycles. The van der Waals surface area contributed by atoms with Crippen LogP contribution in [0.4, 0.5) is 0 Å². The van der Waals surface area contributed by atoms with Gasteiger partial charge in [0.15, 0.2) is 17.0 Å². The predicted octanol–water partition coefficient (Wildman–Crippen LogP) is 2.59. The Balaban J connectivity index is 1.80. The molecule has 0 fully saturated rings. The lowest BCUT2D eigenvalue weighted by molar-refractivity contribution is -0.168. The first-order valence-electron chi connectivity index (χ1n) is 9.63. The number of rotatable bonds is 4. The molecule has 0 saturated heterocycles. The number of hydrogen-bond acceptors (Lipinski definition) is 7. The Hall–Kier alpha value is -3.74. The molecule has 158 valence electrons. The van der Waals surface area contributed by atoms with E-state index in [1.807, 2.05) is 0 Å². The first-order valence-corrected chi connectivity index (χ1v) is 9.63. The van der Waals surface area contributed by atoms with Gasteiger partial charge >= 0.3 is 11.9 Å². The third-order valence-electron chi connectivity index (χ3n) is 5.90. The van der Waals surface area contributed by atoms with Gasteiger partial charge in [-0.05, 0) is 48.2 Å². The number of esters is 2. The van der Waals surface area contributed by atoms with E-state index in [1.165, 1.54) is 27.4 Å². The van der Waals surface area contributed by atoms with Crippen molar-refractivity contribution >= 4 is 29.1 Å². The lowest BCUT2D eigenvalue weighted by atomic mass is 9.84. The van der Waals surface area contributed by atoms with Gasteiger partial charge in [0, 0.05) is 22.3 Å². The van der Waals surface area contributed by atoms with E-state index < -0.39 is 17.4 Å². The number of carbonyl (C=O) groups excluding carboxylic acids is 4. The maximum atomic E-state index is 13.3. The van der Waals surface area contributed by atoms with Crippen molar-refractivity contribution in [2.45, 2.75) is 12.8 Å². The summed E-state index contributed by atoms with van der Waals surface area (Å²) in [7, 11) is 3.91. The van der Waals surface area contributed by atoms with Crippen LogP contribution in [0.15, 0.2) is 42.5 Å². The second-order valence-corrected chi connectivity index (χ2v) is 7.54. The fourth-order valence-electron chi connectivity index (χ4n) is 4.37. The van der Waals surface area contributed by atoms with E-state index in [2.05, 4.69) is 0 Å². The van der Waals surface area contributed by atoms with E-state index in [1.54, 1.807) is 36.4 Å². The van der Waals surface area contributed by atoms with Crippen LogP contribution in [0.1, 0.15) is 37.4 Å². The van der Waals surface area contributed by atoms with Gasteiger partial charge < -0.3 is 14.2 Å². The van der Waals surface area contributed by atoms with Crippen LogP contribution in [-0.4, -0.2) is 44.8 Å². The number of para-hydroxylation sites is 1. The number of fused-ring (bicyclic) bond motifs is 2. The Morgan fingerprint density at radius 2 is 1.42 bits per heavy atom. The molecule has 0 spiro atoms. The highest BCUT2D eigenvalue weighted by Crippen LogP contribution is 2.42. The molecule has 4 rings (SSSR count). The molecule has 2 aromatic carbocycles. The van der Waals surface area contributed by atoms with Crippen molar-refractivity contribution in [3.63, 3.8) is 0 Å². The summed E-state index contributed by atoms with van der Waals surface area (Å²) in [5.74, 6) is -1.59. The normalized spacial score (nSPS) is 16.2.